The van der Waals surface area contributed by atoms with Gasteiger partial charge < -0.3 is 14.8 Å². The molecule has 0 radical (unpaired) electrons. The van der Waals surface area contributed by atoms with Gasteiger partial charge in [0.05, 0.1) is 6.10 Å². The predicted octanol–water partition coefficient (Wildman–Crippen LogP) is 0.116. The molecule has 0 aliphatic carbocycles. The van der Waals surface area contributed by atoms with Crippen molar-refractivity contribution < 1.29 is 19.2 Å². The number of nitrogens with zero attached hydrogens (tertiary/aromatic N) is 1. The lowest BCUT2D eigenvalue weighted by molar-refractivity contribution is 0.0793. The highest BCUT2D eigenvalue weighted by Gasteiger charge is 2.18. The van der Waals surface area contributed by atoms with E-state index >= 15 is 0 Å². The largest absolute Gasteiger partial charge is 0.488 e. The molecule has 1 aromatic carbocycles. The van der Waals surface area contributed by atoms with E-state index in [-0.39, 0.29) is 11.6 Å². The van der Waals surface area contributed by atoms with Crippen molar-refractivity contribution in [2.45, 2.75) is 25.5 Å². The summed E-state index contributed by atoms with van der Waals surface area (Å²) in [7, 11) is 0.305. The van der Waals surface area contributed by atoms with Crippen LogP contribution in [-0.2, 0) is 11.3 Å². The molecule has 2 rings (SSSR count). The Morgan fingerprint density at radius 1 is 1.42 bits per heavy atom. The van der Waals surface area contributed by atoms with Crippen molar-refractivity contribution in [3.8, 4) is 0 Å². The first-order valence-electron chi connectivity index (χ1n) is 6.50. The first-order valence-corrected chi connectivity index (χ1v) is 6.50. The lowest BCUT2D eigenvalue weighted by Crippen LogP contribution is -2.32. The van der Waals surface area contributed by atoms with Crippen LogP contribution in [-0.4, -0.2) is 48.4 Å². The fraction of sp³-hybridized carbons (Fsp3) is 0.538. The van der Waals surface area contributed by atoms with Gasteiger partial charge in [0.15, 0.2) is 0 Å². The molecule has 1 atom stereocenters. The molecule has 0 aromatic heterocycles. The van der Waals surface area contributed by atoms with E-state index in [1.165, 1.54) is 6.07 Å². The normalized spacial score (nSPS) is 19.1. The van der Waals surface area contributed by atoms with E-state index in [0.29, 0.717) is 6.54 Å². The van der Waals surface area contributed by atoms with E-state index in [2.05, 4.69) is 4.90 Å². The second-order valence-electron chi connectivity index (χ2n) is 5.10. The van der Waals surface area contributed by atoms with Crippen LogP contribution in [0, 0.1) is 5.82 Å². The fourth-order valence-electron chi connectivity index (χ4n) is 2.43. The van der Waals surface area contributed by atoms with Gasteiger partial charge in [0.2, 0.25) is 0 Å². The third kappa shape index (κ3) is 4.28. The van der Waals surface area contributed by atoms with Gasteiger partial charge in [0, 0.05) is 19.7 Å². The van der Waals surface area contributed by atoms with Crippen LogP contribution in [0.3, 0.4) is 0 Å². The first kappa shape index (κ1) is 14.5. The van der Waals surface area contributed by atoms with Crippen molar-refractivity contribution in [1.29, 1.82) is 0 Å². The van der Waals surface area contributed by atoms with Gasteiger partial charge >= 0.3 is 7.12 Å². The summed E-state index contributed by atoms with van der Waals surface area (Å²) >= 11 is 0. The minimum absolute atomic E-state index is 0.181. The highest BCUT2D eigenvalue weighted by Crippen LogP contribution is 2.14. The molecule has 1 aliphatic heterocycles. The highest BCUT2D eigenvalue weighted by molar-refractivity contribution is 6.58. The van der Waals surface area contributed by atoms with Crippen molar-refractivity contribution in [1.82, 2.24) is 4.90 Å². The van der Waals surface area contributed by atoms with E-state index in [1.807, 2.05) is 7.05 Å². The lowest BCUT2D eigenvalue weighted by atomic mass is 9.79. The Morgan fingerprint density at radius 3 is 2.84 bits per heavy atom. The monoisotopic (exact) mass is 267 g/mol. The van der Waals surface area contributed by atoms with E-state index in [4.69, 9.17) is 14.8 Å². The van der Waals surface area contributed by atoms with Gasteiger partial charge in [0.25, 0.3) is 0 Å². The van der Waals surface area contributed by atoms with Crippen molar-refractivity contribution in [2.24, 2.45) is 0 Å². The Hall–Kier alpha value is -0.945. The molecule has 0 amide bonds. The molecule has 19 heavy (non-hydrogen) atoms. The Labute approximate surface area is 113 Å². The van der Waals surface area contributed by atoms with Crippen LogP contribution in [0.15, 0.2) is 18.2 Å². The molecule has 0 spiro atoms. The molecular weight excluding hydrogens is 248 g/mol. The van der Waals surface area contributed by atoms with Gasteiger partial charge in [0.1, 0.15) is 5.82 Å². The summed E-state index contributed by atoms with van der Waals surface area (Å²) < 4.78 is 18.9. The number of hydrogen-bond donors (Lipinski definition) is 2. The van der Waals surface area contributed by atoms with Crippen molar-refractivity contribution in [2.75, 3.05) is 20.2 Å². The lowest BCUT2D eigenvalue weighted by Gasteiger charge is -2.20. The zero-order valence-corrected chi connectivity index (χ0v) is 11.1. The third-order valence-corrected chi connectivity index (χ3v) is 3.27. The van der Waals surface area contributed by atoms with Crippen LogP contribution in [0.2, 0.25) is 0 Å². The van der Waals surface area contributed by atoms with Crippen LogP contribution < -0.4 is 5.46 Å². The Morgan fingerprint density at radius 2 is 2.21 bits per heavy atom. The van der Waals surface area contributed by atoms with Gasteiger partial charge in [-0.3, -0.25) is 4.90 Å². The Kier molecular flexibility index (Phi) is 4.93. The molecule has 1 fully saturated rings. The Bertz CT molecular complexity index is 424. The second kappa shape index (κ2) is 6.48. The molecule has 0 saturated carbocycles. The summed E-state index contributed by atoms with van der Waals surface area (Å²) in [6.45, 7) is 2.17. The number of likely N-dealkylation sites (N-methyl/N-ethyl adjacent to an activating group) is 1. The zero-order chi connectivity index (χ0) is 13.8. The van der Waals surface area contributed by atoms with Crippen LogP contribution in [0.25, 0.3) is 0 Å². The predicted molar refractivity (Wildman–Crippen MR) is 71.5 cm³/mol. The zero-order valence-electron chi connectivity index (χ0n) is 11.1. The van der Waals surface area contributed by atoms with Crippen molar-refractivity contribution in [3.05, 3.63) is 29.6 Å². The molecule has 2 N–H and O–H groups in total. The molecule has 104 valence electrons. The summed E-state index contributed by atoms with van der Waals surface area (Å²) in [6.07, 6.45) is 2.41. The van der Waals surface area contributed by atoms with Gasteiger partial charge in [-0.25, -0.2) is 4.39 Å². The molecule has 1 heterocycles. The highest BCUT2D eigenvalue weighted by atomic mass is 19.1. The van der Waals surface area contributed by atoms with Gasteiger partial charge in [-0.2, -0.15) is 0 Å². The average Bonchev–Trinajstić information content (AvgIpc) is 2.80. The number of rotatable bonds is 5. The van der Waals surface area contributed by atoms with Gasteiger partial charge in [-0.1, -0.05) is 6.07 Å². The smallest absolute Gasteiger partial charge is 0.423 e. The molecule has 1 saturated heterocycles. The first-order chi connectivity index (χ1) is 9.04. The molecule has 1 aromatic rings. The van der Waals surface area contributed by atoms with Gasteiger partial charge in [-0.15, -0.1) is 0 Å². The topological polar surface area (TPSA) is 52.9 Å². The molecule has 0 bridgehead atoms. The molecule has 1 aliphatic rings. The van der Waals surface area contributed by atoms with E-state index < -0.39 is 12.9 Å². The SMILES string of the molecule is CN(Cc1cc(F)cc(B(O)O)c1)CC1CCCO1. The minimum atomic E-state index is -1.64. The van der Waals surface area contributed by atoms with Crippen LogP contribution in [0.1, 0.15) is 18.4 Å². The number of benzene rings is 1. The summed E-state index contributed by atoms with van der Waals surface area (Å²) in [5, 5.41) is 18.2. The number of ether oxygens (including phenoxy) is 1. The van der Waals surface area contributed by atoms with E-state index in [1.54, 1.807) is 6.07 Å². The maximum atomic E-state index is 13.4. The Balaban J connectivity index is 1.97. The van der Waals surface area contributed by atoms with Gasteiger partial charge in [-0.05, 0) is 43.0 Å². The quantitative estimate of drug-likeness (QED) is 0.744. The summed E-state index contributed by atoms with van der Waals surface area (Å²) in [6, 6.07) is 4.16. The van der Waals surface area contributed by atoms with Crippen LogP contribution in [0.4, 0.5) is 4.39 Å². The maximum absolute atomic E-state index is 13.4. The molecule has 1 unspecified atom stereocenters. The number of halogens is 1. The minimum Gasteiger partial charge on any atom is -0.423 e. The molecular formula is C13H19BFNO3. The standard InChI is InChI=1S/C13H19BFNO3/c1-16(9-13-3-2-4-19-13)8-10-5-11(14(17)18)7-12(15)6-10/h5-7,13,17-18H,2-4,8-9H2,1H3. The van der Waals surface area contributed by atoms with Crippen LogP contribution in [0.5, 0.6) is 0 Å². The summed E-state index contributed by atoms with van der Waals surface area (Å²) in [4.78, 5) is 2.05. The maximum Gasteiger partial charge on any atom is 0.488 e. The summed E-state index contributed by atoms with van der Waals surface area (Å²) in [5.41, 5.74) is 0.907. The molecule has 4 nitrogen and oxygen atoms in total. The van der Waals surface area contributed by atoms with Crippen LogP contribution >= 0.6 is 0 Å². The molecule has 6 heteroatoms. The fourth-order valence-corrected chi connectivity index (χ4v) is 2.43. The van der Waals surface area contributed by atoms with E-state index in [9.17, 15) is 4.39 Å². The number of hydrogen-bond acceptors (Lipinski definition) is 4. The summed E-state index contributed by atoms with van der Waals surface area (Å²) in [5.74, 6) is -0.453. The van der Waals surface area contributed by atoms with Crippen molar-refractivity contribution >= 4 is 12.6 Å². The van der Waals surface area contributed by atoms with E-state index in [0.717, 1.165) is 37.6 Å². The van der Waals surface area contributed by atoms with Crippen molar-refractivity contribution in [3.63, 3.8) is 0 Å². The third-order valence-electron chi connectivity index (χ3n) is 3.27. The average molecular weight is 267 g/mol. The second-order valence-corrected chi connectivity index (χ2v) is 5.10.